The van der Waals surface area contributed by atoms with Crippen LogP contribution < -0.4 is 5.56 Å². The number of aryl methyl sites for hydroxylation is 1. The number of aromatic nitrogens is 4. The molecule has 8 nitrogen and oxygen atoms in total. The molecule has 1 fully saturated rings. The maximum atomic E-state index is 12.0. The molecule has 2 N–H and O–H groups in total. The Hall–Kier alpha value is -1.12. The molecular weight excluding hydrogens is 315 g/mol. The molecule has 0 aromatic carbocycles. The van der Waals surface area contributed by atoms with Crippen molar-refractivity contribution in [1.29, 1.82) is 0 Å². The number of fused-ring (bicyclic) bond motifs is 1. The first kappa shape index (κ1) is 14.8. The maximum Gasteiger partial charge on any atom is 0.322 e. The summed E-state index contributed by atoms with van der Waals surface area (Å²) in [4.78, 5) is 38.8. The van der Waals surface area contributed by atoms with Gasteiger partial charge in [-0.2, -0.15) is 0 Å². The zero-order valence-electron chi connectivity index (χ0n) is 11.3. The fourth-order valence-electron chi connectivity index (χ4n) is 2.72. The summed E-state index contributed by atoms with van der Waals surface area (Å²) >= 11 is 4.49. The average Bonchev–Trinajstić information content (AvgIpc) is 2.98. The lowest BCUT2D eigenvalue weighted by Crippen LogP contribution is -2.18. The first-order valence-corrected chi connectivity index (χ1v) is 9.10. The van der Waals surface area contributed by atoms with Crippen molar-refractivity contribution in [3.05, 3.63) is 23.0 Å². The van der Waals surface area contributed by atoms with Gasteiger partial charge in [0.2, 0.25) is 0 Å². The highest BCUT2D eigenvalue weighted by Gasteiger charge is 2.31. The highest BCUT2D eigenvalue weighted by Crippen LogP contribution is 2.44. The van der Waals surface area contributed by atoms with E-state index in [9.17, 15) is 14.6 Å². The Labute approximate surface area is 125 Å². The third-order valence-electron chi connectivity index (χ3n) is 3.68. The van der Waals surface area contributed by atoms with Crippen LogP contribution in [0, 0.1) is 0 Å². The van der Waals surface area contributed by atoms with E-state index in [1.165, 1.54) is 10.9 Å². The molecule has 10 heteroatoms. The molecule has 2 atom stereocenters. The van der Waals surface area contributed by atoms with E-state index in [0.29, 0.717) is 24.0 Å². The van der Waals surface area contributed by atoms with Crippen LogP contribution in [0.2, 0.25) is 0 Å². The summed E-state index contributed by atoms with van der Waals surface area (Å²) in [6, 6.07) is 0.0566. The van der Waals surface area contributed by atoms with E-state index in [1.54, 1.807) is 13.4 Å². The van der Waals surface area contributed by atoms with Crippen LogP contribution >= 0.6 is 6.72 Å². The van der Waals surface area contributed by atoms with Crippen molar-refractivity contribution in [1.82, 2.24) is 19.1 Å². The van der Waals surface area contributed by atoms with E-state index in [1.807, 2.05) is 4.57 Å². The van der Waals surface area contributed by atoms with Gasteiger partial charge in [-0.3, -0.25) is 4.79 Å². The number of hydrogen-bond acceptors (Lipinski definition) is 5. The Morgan fingerprint density at radius 1 is 1.38 bits per heavy atom. The summed E-state index contributed by atoms with van der Waals surface area (Å²) in [6.45, 7) is -3.64. The third-order valence-corrected chi connectivity index (χ3v) is 4.51. The average molecular weight is 330 g/mol. The molecule has 0 bridgehead atoms. The molecule has 1 saturated carbocycles. The van der Waals surface area contributed by atoms with Gasteiger partial charge >= 0.3 is 6.72 Å². The van der Waals surface area contributed by atoms with Crippen LogP contribution in [0.3, 0.4) is 0 Å². The minimum absolute atomic E-state index is 0.0566. The molecule has 0 amide bonds. The summed E-state index contributed by atoms with van der Waals surface area (Å²) in [5, 5.41) is 0. The first-order chi connectivity index (χ1) is 9.85. The molecule has 3 rings (SSSR count). The van der Waals surface area contributed by atoms with Crippen LogP contribution in [-0.4, -0.2) is 35.0 Å². The summed E-state index contributed by atoms with van der Waals surface area (Å²) in [7, 11) is 1.63. The zero-order chi connectivity index (χ0) is 15.2. The molecule has 2 aromatic rings. The van der Waals surface area contributed by atoms with Crippen LogP contribution in [0.4, 0.5) is 0 Å². The predicted molar refractivity (Wildman–Crippen MR) is 79.3 cm³/mol. The van der Waals surface area contributed by atoms with Gasteiger partial charge in [-0.15, -0.1) is 0 Å². The highest BCUT2D eigenvalue weighted by atomic mass is 32.5. The monoisotopic (exact) mass is 330 g/mol. The maximum absolute atomic E-state index is 12.0. The van der Waals surface area contributed by atoms with Crippen LogP contribution in [-0.2, 0) is 23.4 Å². The minimum Gasteiger partial charge on any atom is -0.325 e. The standard InChI is InChI=1S/C11H15N4O4PS/c1-14-5-13-10-9(11(14)16)12-6-15(10)7-2-3-8(4-7)19-20(17,18)21/h5-8H,2-4H2,1H3,(H2,17,18,21)/t7-,8+/m0/s1. The molecule has 1 aliphatic rings. The zero-order valence-corrected chi connectivity index (χ0v) is 13.0. The van der Waals surface area contributed by atoms with Crippen LogP contribution in [0.15, 0.2) is 17.4 Å². The lowest BCUT2D eigenvalue weighted by Gasteiger charge is -2.16. The molecule has 0 unspecified atom stereocenters. The van der Waals surface area contributed by atoms with Crippen LogP contribution in [0.5, 0.6) is 0 Å². The molecule has 114 valence electrons. The van der Waals surface area contributed by atoms with Gasteiger partial charge in [0, 0.05) is 13.1 Å². The quantitative estimate of drug-likeness (QED) is 0.788. The summed E-state index contributed by atoms with van der Waals surface area (Å²) in [5.74, 6) is 0. The van der Waals surface area contributed by atoms with Gasteiger partial charge in [-0.25, -0.2) is 9.97 Å². The number of imidazole rings is 1. The Morgan fingerprint density at radius 2 is 2.14 bits per heavy atom. The fourth-order valence-corrected chi connectivity index (χ4v) is 3.67. The Morgan fingerprint density at radius 3 is 2.86 bits per heavy atom. The second-order valence-electron chi connectivity index (χ2n) is 5.17. The van der Waals surface area contributed by atoms with Gasteiger partial charge < -0.3 is 23.4 Å². The second-order valence-corrected chi connectivity index (χ2v) is 7.79. The largest absolute Gasteiger partial charge is 0.325 e. The topological polar surface area (TPSA) is 102 Å². The van der Waals surface area contributed by atoms with Crippen molar-refractivity contribution < 1.29 is 14.3 Å². The number of rotatable bonds is 3. The molecule has 0 radical (unpaired) electrons. The van der Waals surface area contributed by atoms with Gasteiger partial charge in [-0.05, 0) is 31.1 Å². The van der Waals surface area contributed by atoms with Crippen molar-refractivity contribution in [2.24, 2.45) is 7.05 Å². The van der Waals surface area contributed by atoms with Gasteiger partial charge in [0.05, 0.1) is 18.8 Å². The van der Waals surface area contributed by atoms with E-state index in [2.05, 4.69) is 21.8 Å². The number of hydrogen-bond donors (Lipinski definition) is 2. The SMILES string of the molecule is Cn1cnc2c(ncn2[C@H]2CC[C@@H](OP(O)(O)=S)C2)c1=O. The van der Waals surface area contributed by atoms with E-state index >= 15 is 0 Å². The lowest BCUT2D eigenvalue weighted by atomic mass is 10.2. The summed E-state index contributed by atoms with van der Waals surface area (Å²) in [6.07, 6.45) is 4.81. The second kappa shape index (κ2) is 5.26. The third kappa shape index (κ3) is 2.93. The molecule has 2 heterocycles. The molecule has 0 spiro atoms. The van der Waals surface area contributed by atoms with Crippen molar-refractivity contribution in [2.75, 3.05) is 0 Å². The normalized spacial score (nSPS) is 23.0. The smallest absolute Gasteiger partial charge is 0.322 e. The van der Waals surface area contributed by atoms with E-state index < -0.39 is 6.72 Å². The molecule has 2 aromatic heterocycles. The highest BCUT2D eigenvalue weighted by molar-refractivity contribution is 8.06. The lowest BCUT2D eigenvalue weighted by molar-refractivity contribution is 0.170. The van der Waals surface area contributed by atoms with Gasteiger partial charge in [-0.1, -0.05) is 0 Å². The number of nitrogens with zero attached hydrogens (tertiary/aromatic N) is 4. The van der Waals surface area contributed by atoms with Crippen molar-refractivity contribution in [3.8, 4) is 0 Å². The van der Waals surface area contributed by atoms with Crippen molar-refractivity contribution in [3.63, 3.8) is 0 Å². The molecule has 21 heavy (non-hydrogen) atoms. The van der Waals surface area contributed by atoms with Crippen molar-refractivity contribution in [2.45, 2.75) is 31.4 Å². The minimum atomic E-state index is -3.64. The fraction of sp³-hybridized carbons (Fsp3) is 0.545. The summed E-state index contributed by atoms with van der Waals surface area (Å²) in [5.41, 5.74) is 0.681. The Kier molecular flexibility index (Phi) is 3.71. The predicted octanol–water partition coefficient (Wildman–Crippen LogP) is 0.449. The van der Waals surface area contributed by atoms with E-state index in [4.69, 9.17) is 4.52 Å². The van der Waals surface area contributed by atoms with Crippen LogP contribution in [0.25, 0.3) is 11.2 Å². The van der Waals surface area contributed by atoms with E-state index in [0.717, 1.165) is 6.42 Å². The Balaban J connectivity index is 1.88. The van der Waals surface area contributed by atoms with Gasteiger partial charge in [0.25, 0.3) is 5.56 Å². The molecule has 0 saturated heterocycles. The molecular formula is C11H15N4O4PS. The summed E-state index contributed by atoms with van der Waals surface area (Å²) < 4.78 is 8.33. The van der Waals surface area contributed by atoms with Crippen molar-refractivity contribution >= 4 is 29.7 Å². The molecule has 0 aliphatic heterocycles. The molecule has 1 aliphatic carbocycles. The van der Waals surface area contributed by atoms with Crippen LogP contribution in [0.1, 0.15) is 25.3 Å². The van der Waals surface area contributed by atoms with Gasteiger partial charge in [0.15, 0.2) is 11.2 Å². The first-order valence-electron chi connectivity index (χ1n) is 6.47. The van der Waals surface area contributed by atoms with E-state index in [-0.39, 0.29) is 17.7 Å². The Bertz CT molecular complexity index is 782. The van der Waals surface area contributed by atoms with Gasteiger partial charge in [0.1, 0.15) is 0 Å².